The quantitative estimate of drug-likeness (QED) is 0.574. The summed E-state index contributed by atoms with van der Waals surface area (Å²) in [6, 6.07) is 10.8. The number of methoxy groups -OCH3 is 1. The Labute approximate surface area is 130 Å². The summed E-state index contributed by atoms with van der Waals surface area (Å²) in [4.78, 5) is 12.5. The highest BCUT2D eigenvalue weighted by molar-refractivity contribution is 14.1. The van der Waals surface area contributed by atoms with Crippen LogP contribution in [0.15, 0.2) is 36.4 Å². The molecule has 2 aromatic rings. The van der Waals surface area contributed by atoms with E-state index in [0.29, 0.717) is 21.9 Å². The number of halogens is 2. The van der Waals surface area contributed by atoms with Gasteiger partial charge in [-0.05, 0) is 59.3 Å². The molecule has 2 aromatic carbocycles. The molecular weight excluding hydrogens is 375 g/mol. The predicted molar refractivity (Wildman–Crippen MR) is 85.3 cm³/mol. The number of aryl methyl sites for hydroxylation is 1. The van der Waals surface area contributed by atoms with Gasteiger partial charge in [0.05, 0.1) is 12.7 Å². The Kier molecular flexibility index (Phi) is 4.47. The third-order valence-electron chi connectivity index (χ3n) is 2.84. The molecule has 0 unspecified atom stereocenters. The topological polar surface area (TPSA) is 26.3 Å². The van der Waals surface area contributed by atoms with Gasteiger partial charge in [0, 0.05) is 14.2 Å². The van der Waals surface area contributed by atoms with E-state index in [2.05, 4.69) is 22.6 Å². The molecule has 0 fully saturated rings. The highest BCUT2D eigenvalue weighted by Gasteiger charge is 2.15. The van der Waals surface area contributed by atoms with Crippen molar-refractivity contribution in [3.8, 4) is 5.75 Å². The van der Waals surface area contributed by atoms with Crippen LogP contribution in [0, 0.1) is 10.5 Å². The fourth-order valence-electron chi connectivity index (χ4n) is 1.75. The predicted octanol–water partition coefficient (Wildman–Crippen LogP) is 4.49. The van der Waals surface area contributed by atoms with Gasteiger partial charge >= 0.3 is 0 Å². The average Bonchev–Trinajstić information content (AvgIpc) is 2.41. The van der Waals surface area contributed by atoms with Crippen molar-refractivity contribution in [1.82, 2.24) is 0 Å². The molecule has 0 heterocycles. The van der Waals surface area contributed by atoms with Crippen LogP contribution in [0.25, 0.3) is 0 Å². The summed E-state index contributed by atoms with van der Waals surface area (Å²) in [7, 11) is 1.56. The van der Waals surface area contributed by atoms with Gasteiger partial charge in [0.2, 0.25) is 0 Å². The Morgan fingerprint density at radius 2 is 1.95 bits per heavy atom. The number of carbonyl (C=O) groups is 1. The van der Waals surface area contributed by atoms with Crippen LogP contribution in [-0.2, 0) is 0 Å². The minimum Gasteiger partial charge on any atom is -0.496 e. The third kappa shape index (κ3) is 3.09. The fourth-order valence-corrected chi connectivity index (χ4v) is 2.42. The normalized spacial score (nSPS) is 10.3. The molecule has 0 saturated carbocycles. The van der Waals surface area contributed by atoms with Gasteiger partial charge in [-0.15, -0.1) is 0 Å². The summed E-state index contributed by atoms with van der Waals surface area (Å²) in [6.45, 7) is 1.91. The number of hydrogen-bond acceptors (Lipinski definition) is 2. The van der Waals surface area contributed by atoms with E-state index in [4.69, 9.17) is 16.3 Å². The van der Waals surface area contributed by atoms with Gasteiger partial charge in [-0.2, -0.15) is 0 Å². The summed E-state index contributed by atoms with van der Waals surface area (Å²) in [5, 5.41) is 0.593. The summed E-state index contributed by atoms with van der Waals surface area (Å²) >= 11 is 8.23. The Bertz CT molecular complexity index is 638. The van der Waals surface area contributed by atoms with E-state index < -0.39 is 0 Å². The highest BCUT2D eigenvalue weighted by atomic mass is 127. The zero-order chi connectivity index (χ0) is 14.0. The summed E-state index contributed by atoms with van der Waals surface area (Å²) in [5.74, 6) is 0.486. The van der Waals surface area contributed by atoms with Gasteiger partial charge in [0.1, 0.15) is 5.75 Å². The first-order chi connectivity index (χ1) is 9.02. The zero-order valence-corrected chi connectivity index (χ0v) is 13.4. The smallest absolute Gasteiger partial charge is 0.196 e. The largest absolute Gasteiger partial charge is 0.496 e. The number of ketones is 1. The molecule has 2 rings (SSSR count). The number of benzene rings is 2. The molecule has 4 heteroatoms. The minimum atomic E-state index is -0.0859. The van der Waals surface area contributed by atoms with E-state index in [-0.39, 0.29) is 5.78 Å². The van der Waals surface area contributed by atoms with Crippen LogP contribution < -0.4 is 4.74 Å². The van der Waals surface area contributed by atoms with Crippen molar-refractivity contribution in [2.45, 2.75) is 6.92 Å². The first-order valence-corrected chi connectivity index (χ1v) is 7.13. The van der Waals surface area contributed by atoms with Gasteiger partial charge in [-0.3, -0.25) is 4.79 Å². The lowest BCUT2D eigenvalue weighted by Gasteiger charge is -2.09. The maximum Gasteiger partial charge on any atom is 0.196 e. The lowest BCUT2D eigenvalue weighted by atomic mass is 10.0. The van der Waals surface area contributed by atoms with Gasteiger partial charge in [0.25, 0.3) is 0 Å². The Morgan fingerprint density at radius 3 is 2.58 bits per heavy atom. The van der Waals surface area contributed by atoms with Crippen molar-refractivity contribution in [1.29, 1.82) is 0 Å². The van der Waals surface area contributed by atoms with Crippen LogP contribution in [0.2, 0.25) is 5.02 Å². The molecule has 0 aliphatic carbocycles. The van der Waals surface area contributed by atoms with E-state index in [9.17, 15) is 4.79 Å². The lowest BCUT2D eigenvalue weighted by molar-refractivity contribution is 0.103. The van der Waals surface area contributed by atoms with Crippen molar-refractivity contribution < 1.29 is 9.53 Å². The molecule has 0 aliphatic heterocycles. The molecular formula is C15H12ClIO2. The number of hydrogen-bond donors (Lipinski definition) is 0. The Morgan fingerprint density at radius 1 is 1.21 bits per heavy atom. The van der Waals surface area contributed by atoms with Gasteiger partial charge in [0.15, 0.2) is 5.78 Å². The molecule has 0 atom stereocenters. The van der Waals surface area contributed by atoms with Crippen molar-refractivity contribution in [2.24, 2.45) is 0 Å². The second kappa shape index (κ2) is 5.92. The molecule has 0 N–H and O–H groups in total. The average molecular weight is 387 g/mol. The van der Waals surface area contributed by atoms with Crippen LogP contribution >= 0.6 is 34.2 Å². The molecule has 0 saturated heterocycles. The molecule has 0 bridgehead atoms. The van der Waals surface area contributed by atoms with Crippen molar-refractivity contribution in [2.75, 3.05) is 7.11 Å². The number of rotatable bonds is 3. The van der Waals surface area contributed by atoms with Gasteiger partial charge in [-0.1, -0.05) is 23.7 Å². The fraction of sp³-hybridized carbons (Fsp3) is 0.133. The molecule has 0 spiro atoms. The molecule has 0 aromatic heterocycles. The monoisotopic (exact) mass is 386 g/mol. The zero-order valence-electron chi connectivity index (χ0n) is 10.5. The van der Waals surface area contributed by atoms with Crippen LogP contribution in [0.4, 0.5) is 0 Å². The van der Waals surface area contributed by atoms with Gasteiger partial charge in [-0.25, -0.2) is 0 Å². The van der Waals surface area contributed by atoms with Crippen LogP contribution in [0.5, 0.6) is 5.75 Å². The third-order valence-corrected chi connectivity index (χ3v) is 3.92. The van der Waals surface area contributed by atoms with Crippen molar-refractivity contribution in [3.05, 3.63) is 61.7 Å². The standard InChI is InChI=1S/C15H12ClIO2/c1-9-3-4-10(7-13(9)16)15(18)12-8-11(17)5-6-14(12)19-2/h3-8H,1-2H3. The van der Waals surface area contributed by atoms with E-state index in [1.54, 1.807) is 25.3 Å². The molecule has 98 valence electrons. The maximum atomic E-state index is 12.5. The summed E-state index contributed by atoms with van der Waals surface area (Å²) < 4.78 is 6.23. The molecule has 2 nitrogen and oxygen atoms in total. The summed E-state index contributed by atoms with van der Waals surface area (Å²) in [6.07, 6.45) is 0. The number of carbonyl (C=O) groups excluding carboxylic acids is 1. The SMILES string of the molecule is COc1ccc(I)cc1C(=O)c1ccc(C)c(Cl)c1. The number of ether oxygens (including phenoxy) is 1. The van der Waals surface area contributed by atoms with Crippen LogP contribution in [0.1, 0.15) is 21.5 Å². The molecule has 0 aliphatic rings. The molecule has 0 radical (unpaired) electrons. The highest BCUT2D eigenvalue weighted by Crippen LogP contribution is 2.25. The van der Waals surface area contributed by atoms with Crippen molar-refractivity contribution >= 4 is 40.0 Å². The first-order valence-electron chi connectivity index (χ1n) is 5.67. The second-order valence-electron chi connectivity index (χ2n) is 4.14. The first kappa shape index (κ1) is 14.3. The van der Waals surface area contributed by atoms with E-state index >= 15 is 0 Å². The van der Waals surface area contributed by atoms with Crippen LogP contribution in [0.3, 0.4) is 0 Å². The van der Waals surface area contributed by atoms with E-state index in [0.717, 1.165) is 9.13 Å². The van der Waals surface area contributed by atoms with Crippen LogP contribution in [-0.4, -0.2) is 12.9 Å². The minimum absolute atomic E-state index is 0.0859. The Hall–Kier alpha value is -1.07. The molecule has 0 amide bonds. The van der Waals surface area contributed by atoms with Crippen molar-refractivity contribution in [3.63, 3.8) is 0 Å². The van der Waals surface area contributed by atoms with E-state index in [1.165, 1.54) is 0 Å². The second-order valence-corrected chi connectivity index (χ2v) is 5.79. The summed E-state index contributed by atoms with van der Waals surface area (Å²) in [5.41, 5.74) is 2.07. The lowest BCUT2D eigenvalue weighted by Crippen LogP contribution is -2.04. The maximum absolute atomic E-state index is 12.5. The molecule has 19 heavy (non-hydrogen) atoms. The van der Waals surface area contributed by atoms with E-state index in [1.807, 2.05) is 25.1 Å². The van der Waals surface area contributed by atoms with Gasteiger partial charge < -0.3 is 4.74 Å². The Balaban J connectivity index is 2.49.